The molecule has 0 bridgehead atoms. The lowest BCUT2D eigenvalue weighted by Gasteiger charge is -2.23. The Morgan fingerprint density at radius 3 is 2.02 bits per heavy atom. The number of fused-ring (bicyclic) bond motifs is 1. The van der Waals surface area contributed by atoms with Crippen LogP contribution in [0.2, 0.25) is 0 Å². The highest BCUT2D eigenvalue weighted by molar-refractivity contribution is 7.92. The van der Waals surface area contributed by atoms with E-state index in [0.717, 1.165) is 56.1 Å². The number of H-pyrrole nitrogens is 1. The summed E-state index contributed by atoms with van der Waals surface area (Å²) in [4.78, 5) is 19.0. The van der Waals surface area contributed by atoms with Crippen molar-refractivity contribution in [3.63, 3.8) is 0 Å². The Kier molecular flexibility index (Phi) is 12.9. The zero-order valence-corrected chi connectivity index (χ0v) is 31.1. The van der Waals surface area contributed by atoms with Gasteiger partial charge in [-0.3, -0.25) is 9.52 Å². The molecule has 0 saturated heterocycles. The molecule has 0 saturated carbocycles. The number of rotatable bonds is 17. The van der Waals surface area contributed by atoms with E-state index in [9.17, 15) is 13.2 Å². The van der Waals surface area contributed by atoms with Crippen LogP contribution in [0.1, 0.15) is 107 Å². The molecule has 1 atom stereocenters. The highest BCUT2D eigenvalue weighted by Gasteiger charge is 2.22. The normalized spacial score (nSPS) is 12.6. The lowest BCUT2D eigenvalue weighted by molar-refractivity contribution is -0.132. The van der Waals surface area contributed by atoms with E-state index >= 15 is 0 Å². The Morgan fingerprint density at radius 2 is 1.44 bits per heavy atom. The molecule has 3 N–H and O–H groups in total. The van der Waals surface area contributed by atoms with E-state index < -0.39 is 10.0 Å². The number of carbonyl (C=O) groups excluding carboxylic acids is 1. The Morgan fingerprint density at radius 1 is 0.792 bits per heavy atom. The predicted molar refractivity (Wildman–Crippen MR) is 203 cm³/mol. The van der Waals surface area contributed by atoms with Crippen molar-refractivity contribution in [1.29, 1.82) is 0 Å². The maximum absolute atomic E-state index is 13.3. The number of aromatic amines is 1. The fraction of sp³-hybridized carbons (Fsp3) is 0.475. The van der Waals surface area contributed by atoms with Crippen LogP contribution in [0.5, 0.6) is 0 Å². The van der Waals surface area contributed by atoms with Crippen molar-refractivity contribution in [1.82, 2.24) is 15.2 Å². The van der Waals surface area contributed by atoms with Gasteiger partial charge in [-0.25, -0.2) is 8.42 Å². The van der Waals surface area contributed by atoms with Crippen LogP contribution in [0, 0.1) is 0 Å². The third-order valence-electron chi connectivity index (χ3n) is 9.35. The van der Waals surface area contributed by atoms with Crippen LogP contribution in [0.15, 0.2) is 60.7 Å². The van der Waals surface area contributed by atoms with Crippen molar-refractivity contribution in [3.05, 3.63) is 88.5 Å². The van der Waals surface area contributed by atoms with Crippen molar-refractivity contribution < 1.29 is 13.2 Å². The number of hydrogen-bond acceptors (Lipinski definition) is 4. The second-order valence-electron chi connectivity index (χ2n) is 13.7. The first-order valence-electron chi connectivity index (χ1n) is 17.7. The number of aryl methyl sites for hydroxylation is 1. The maximum atomic E-state index is 13.3. The van der Waals surface area contributed by atoms with Gasteiger partial charge in [0.2, 0.25) is 15.9 Å². The molecule has 7 nitrogen and oxygen atoms in total. The second-order valence-corrected chi connectivity index (χ2v) is 15.5. The van der Waals surface area contributed by atoms with Gasteiger partial charge in [-0.05, 0) is 141 Å². The van der Waals surface area contributed by atoms with E-state index in [0.29, 0.717) is 30.6 Å². The summed E-state index contributed by atoms with van der Waals surface area (Å²) in [6.07, 6.45) is 5.08. The molecule has 0 aliphatic heterocycles. The van der Waals surface area contributed by atoms with Crippen LogP contribution in [0.3, 0.4) is 0 Å². The van der Waals surface area contributed by atoms with Crippen molar-refractivity contribution in [3.8, 4) is 11.3 Å². The maximum Gasteiger partial charge on any atom is 0.229 e. The minimum atomic E-state index is -3.27. The van der Waals surface area contributed by atoms with Gasteiger partial charge in [0.25, 0.3) is 0 Å². The average Bonchev–Trinajstić information content (AvgIpc) is 3.42. The lowest BCUT2D eigenvalue weighted by Crippen LogP contribution is -2.33. The fourth-order valence-corrected chi connectivity index (χ4v) is 6.92. The first kappa shape index (κ1) is 37.2. The zero-order valence-electron chi connectivity index (χ0n) is 30.2. The smallest absolute Gasteiger partial charge is 0.229 e. The molecule has 0 radical (unpaired) electrons. The van der Waals surface area contributed by atoms with Crippen molar-refractivity contribution in [2.24, 2.45) is 0 Å². The molecule has 3 aromatic carbocycles. The number of likely N-dealkylation sites (N-methyl/N-ethyl adjacent to an activating group) is 1. The van der Waals surface area contributed by atoms with Crippen LogP contribution >= 0.6 is 0 Å². The molecule has 4 rings (SSSR count). The van der Waals surface area contributed by atoms with Crippen LogP contribution in [-0.2, 0) is 27.7 Å². The van der Waals surface area contributed by atoms with Gasteiger partial charge in [-0.2, -0.15) is 0 Å². The number of hydrogen-bond donors (Lipinski definition) is 3. The summed E-state index contributed by atoms with van der Waals surface area (Å²) in [6.45, 7) is 18.3. The SMILES string of the molecule is CCN(CC)C(=O)C(C)c1ccc2[nH]c(-c3cc(C(C)C)cc(C(C)C)c3)c(CCNCCCCc3ccc(NS(C)(=O)=O)cc3)c2c1. The second kappa shape index (κ2) is 16.7. The van der Waals surface area contributed by atoms with Gasteiger partial charge in [0, 0.05) is 35.4 Å². The van der Waals surface area contributed by atoms with Gasteiger partial charge in [-0.15, -0.1) is 0 Å². The Bertz CT molecular complexity index is 1740. The van der Waals surface area contributed by atoms with Gasteiger partial charge >= 0.3 is 0 Å². The van der Waals surface area contributed by atoms with Gasteiger partial charge in [0.1, 0.15) is 0 Å². The van der Waals surface area contributed by atoms with E-state index in [1.807, 2.05) is 49.9 Å². The Hall–Kier alpha value is -3.62. The first-order chi connectivity index (χ1) is 22.8. The summed E-state index contributed by atoms with van der Waals surface area (Å²) in [5.74, 6) is 0.823. The molecular formula is C40H56N4O3S. The largest absolute Gasteiger partial charge is 0.354 e. The van der Waals surface area contributed by atoms with Gasteiger partial charge in [-0.1, -0.05) is 52.0 Å². The minimum absolute atomic E-state index is 0.172. The number of nitrogens with one attached hydrogen (secondary N) is 3. The first-order valence-corrected chi connectivity index (χ1v) is 19.6. The number of sulfonamides is 1. The standard InChI is InChI=1S/C40H56N4O3S/c1-9-44(10-2)40(45)29(7)31-16-19-38-37(26-31)36(39(42-38)34-24-32(27(3)4)23-33(25-34)28(5)6)20-22-41-21-12-11-13-30-14-17-35(18-15-30)43-48(8,46)47/h14-19,23-29,41-43H,9-13,20-22H2,1-8H3. The number of benzene rings is 3. The molecular weight excluding hydrogens is 617 g/mol. The molecule has 4 aromatic rings. The number of unbranched alkanes of at least 4 members (excludes halogenated alkanes) is 1. The average molecular weight is 673 g/mol. The minimum Gasteiger partial charge on any atom is -0.354 e. The number of aromatic nitrogens is 1. The van der Waals surface area contributed by atoms with Crippen LogP contribution < -0.4 is 10.0 Å². The molecule has 260 valence electrons. The van der Waals surface area contributed by atoms with Crippen molar-refractivity contribution in [2.45, 2.75) is 91.9 Å². The molecule has 0 aliphatic rings. The highest BCUT2D eigenvalue weighted by atomic mass is 32.2. The van der Waals surface area contributed by atoms with Crippen molar-refractivity contribution >= 4 is 32.5 Å². The molecule has 0 aliphatic carbocycles. The quantitative estimate of drug-likeness (QED) is 0.0980. The molecule has 1 amide bonds. The molecule has 1 aromatic heterocycles. The van der Waals surface area contributed by atoms with E-state index in [2.05, 4.69) is 79.1 Å². The summed E-state index contributed by atoms with van der Waals surface area (Å²) in [5.41, 5.74) is 10.3. The molecule has 48 heavy (non-hydrogen) atoms. The summed E-state index contributed by atoms with van der Waals surface area (Å²) < 4.78 is 25.4. The number of anilines is 1. The van der Waals surface area contributed by atoms with Crippen LogP contribution in [0.4, 0.5) is 5.69 Å². The number of carbonyl (C=O) groups is 1. The monoisotopic (exact) mass is 672 g/mol. The number of nitrogens with zero attached hydrogens (tertiary/aromatic N) is 1. The lowest BCUT2D eigenvalue weighted by atomic mass is 9.90. The molecule has 1 heterocycles. The summed E-state index contributed by atoms with van der Waals surface area (Å²) in [5, 5.41) is 4.87. The Labute approximate surface area is 289 Å². The van der Waals surface area contributed by atoms with Crippen LogP contribution in [-0.4, -0.2) is 56.6 Å². The third kappa shape index (κ3) is 9.73. The van der Waals surface area contributed by atoms with Crippen molar-refractivity contribution in [2.75, 3.05) is 37.2 Å². The summed E-state index contributed by atoms with van der Waals surface area (Å²) in [7, 11) is -3.27. The summed E-state index contributed by atoms with van der Waals surface area (Å²) >= 11 is 0. The molecule has 1 unspecified atom stereocenters. The van der Waals surface area contributed by atoms with E-state index in [1.165, 1.54) is 38.9 Å². The molecule has 0 fully saturated rings. The van der Waals surface area contributed by atoms with Gasteiger partial charge in [0.15, 0.2) is 0 Å². The third-order valence-corrected chi connectivity index (χ3v) is 9.96. The van der Waals surface area contributed by atoms with Gasteiger partial charge in [0.05, 0.1) is 12.2 Å². The van der Waals surface area contributed by atoms with E-state index in [1.54, 1.807) is 0 Å². The molecule has 0 spiro atoms. The highest BCUT2D eigenvalue weighted by Crippen LogP contribution is 2.36. The van der Waals surface area contributed by atoms with Crippen LogP contribution in [0.25, 0.3) is 22.2 Å². The van der Waals surface area contributed by atoms with E-state index in [-0.39, 0.29) is 11.8 Å². The summed E-state index contributed by atoms with van der Waals surface area (Å²) in [6, 6.07) is 21.1. The van der Waals surface area contributed by atoms with E-state index in [4.69, 9.17) is 0 Å². The topological polar surface area (TPSA) is 94.3 Å². The molecule has 8 heteroatoms. The number of amides is 1. The zero-order chi connectivity index (χ0) is 35.0. The fourth-order valence-electron chi connectivity index (χ4n) is 6.35. The predicted octanol–water partition coefficient (Wildman–Crippen LogP) is 8.58. The van der Waals surface area contributed by atoms with Gasteiger partial charge < -0.3 is 15.2 Å². The Balaban J connectivity index is 1.52.